The Balaban J connectivity index is 0.000000872. The van der Waals surface area contributed by atoms with Crippen LogP contribution in [0.15, 0.2) is 103 Å². The molecule has 15 heteroatoms. The van der Waals surface area contributed by atoms with Crippen molar-refractivity contribution in [3.05, 3.63) is 130 Å². The number of benzene rings is 4. The molecule has 0 heterocycles. The highest BCUT2D eigenvalue weighted by Gasteiger charge is 2.38. The van der Waals surface area contributed by atoms with Crippen LogP contribution in [0.1, 0.15) is 41.5 Å². The number of anilines is 1. The summed E-state index contributed by atoms with van der Waals surface area (Å²) in [5.41, 5.74) is 2.14. The fourth-order valence-corrected chi connectivity index (χ4v) is 5.73. The Kier molecular flexibility index (Phi) is 14.5. The summed E-state index contributed by atoms with van der Waals surface area (Å²) in [6.07, 6.45) is -9.07. The molecule has 0 bridgehead atoms. The van der Waals surface area contributed by atoms with Gasteiger partial charge >= 0.3 is 18.3 Å². The van der Waals surface area contributed by atoms with Gasteiger partial charge < -0.3 is 9.84 Å². The molecule has 0 aliphatic rings. The van der Waals surface area contributed by atoms with Crippen molar-refractivity contribution in [2.24, 2.45) is 0 Å². The number of alkyl halides is 6. The average Bonchev–Trinajstić information content (AvgIpc) is 3.06. The Bertz CT molecular complexity index is 1740. The number of nitrogens with one attached hydrogen (secondary N) is 1. The highest BCUT2D eigenvalue weighted by atomic mass is 35.5. The fraction of sp³-hybridized carbons (Fsp3) is 0.286. The first-order chi connectivity index (χ1) is 23.5. The van der Waals surface area contributed by atoms with Crippen molar-refractivity contribution in [3.8, 4) is 5.75 Å². The van der Waals surface area contributed by atoms with Crippen molar-refractivity contribution >= 4 is 33.3 Å². The van der Waals surface area contributed by atoms with E-state index in [0.717, 1.165) is 17.2 Å². The molecule has 4 aromatic rings. The zero-order valence-electron chi connectivity index (χ0n) is 26.7. The summed E-state index contributed by atoms with van der Waals surface area (Å²) in [6.45, 7) is 3.15. The van der Waals surface area contributed by atoms with Crippen molar-refractivity contribution in [3.63, 3.8) is 0 Å². The minimum absolute atomic E-state index is 0.0313. The summed E-state index contributed by atoms with van der Waals surface area (Å²) in [4.78, 5) is 11.0. The molecule has 50 heavy (non-hydrogen) atoms. The summed E-state index contributed by atoms with van der Waals surface area (Å²) in [7, 11) is -3.42. The summed E-state index contributed by atoms with van der Waals surface area (Å²) < 4.78 is 105. The fourth-order valence-electron chi connectivity index (χ4n) is 4.81. The second-order valence-corrected chi connectivity index (χ2v) is 13.3. The molecule has 0 amide bonds. The van der Waals surface area contributed by atoms with Gasteiger partial charge in [-0.25, -0.2) is 13.2 Å². The number of nitrogens with zero attached hydrogens (tertiary/aromatic N) is 1. The van der Waals surface area contributed by atoms with Crippen LogP contribution in [-0.2, 0) is 27.5 Å². The highest BCUT2D eigenvalue weighted by Crippen LogP contribution is 2.37. The molecule has 270 valence electrons. The SMILES string of the molecule is CCS(=O)(=O)Nc1cccc(OCCCN(Cc2cccc(C(F)(F)F)c2Cl)CC(c2ccccc2)c2ccccc2)c1.O=C(O)C(F)(F)F. The van der Waals surface area contributed by atoms with E-state index in [4.69, 9.17) is 26.2 Å². The lowest BCUT2D eigenvalue weighted by Gasteiger charge is -2.29. The maximum absolute atomic E-state index is 13.6. The second-order valence-electron chi connectivity index (χ2n) is 10.9. The monoisotopic (exact) mass is 744 g/mol. The normalized spacial score (nSPS) is 12.0. The van der Waals surface area contributed by atoms with Crippen LogP contribution in [0.2, 0.25) is 5.02 Å². The zero-order valence-corrected chi connectivity index (χ0v) is 28.3. The molecule has 0 aliphatic heterocycles. The van der Waals surface area contributed by atoms with Crippen LogP contribution in [0.4, 0.5) is 32.0 Å². The smallest absolute Gasteiger partial charge is 0.490 e. The number of hydrogen-bond acceptors (Lipinski definition) is 5. The van der Waals surface area contributed by atoms with E-state index in [9.17, 15) is 34.8 Å². The Morgan fingerprint density at radius 2 is 1.44 bits per heavy atom. The number of ether oxygens (including phenoxy) is 1. The van der Waals surface area contributed by atoms with E-state index in [1.807, 2.05) is 36.4 Å². The first-order valence-electron chi connectivity index (χ1n) is 15.2. The van der Waals surface area contributed by atoms with Gasteiger partial charge in [0.05, 0.1) is 28.6 Å². The van der Waals surface area contributed by atoms with Gasteiger partial charge in [-0.15, -0.1) is 0 Å². The van der Waals surface area contributed by atoms with Crippen molar-refractivity contribution < 1.29 is 49.4 Å². The number of sulfonamides is 1. The average molecular weight is 745 g/mol. The summed E-state index contributed by atoms with van der Waals surface area (Å²) in [5.74, 6) is -2.32. The minimum Gasteiger partial charge on any atom is -0.493 e. The predicted octanol–water partition coefficient (Wildman–Crippen LogP) is 8.86. The van der Waals surface area contributed by atoms with E-state index in [1.165, 1.54) is 6.07 Å². The lowest BCUT2D eigenvalue weighted by Crippen LogP contribution is -2.31. The van der Waals surface area contributed by atoms with Crippen molar-refractivity contribution in [1.82, 2.24) is 4.90 Å². The molecule has 0 spiro atoms. The molecule has 0 atom stereocenters. The van der Waals surface area contributed by atoms with Gasteiger partial charge in [-0.1, -0.05) is 90.5 Å². The van der Waals surface area contributed by atoms with Gasteiger partial charge in [0, 0.05) is 31.6 Å². The van der Waals surface area contributed by atoms with Gasteiger partial charge in [-0.05, 0) is 48.2 Å². The van der Waals surface area contributed by atoms with Crippen LogP contribution in [-0.4, -0.2) is 56.0 Å². The standard InChI is InChI=1S/C33H34ClF3N2O3S.C2HF3O2/c1-2-43(40,41)38-28-17-10-18-29(22-28)42-21-11-20-39(23-27-16-9-19-31(32(27)34)33(35,36)37)24-30(25-12-5-3-6-13-25)26-14-7-4-8-15-26;3-2(4,5)1(6)7/h3-10,12-19,22,30,38H,2,11,20-21,23-24H2,1H3;(H,6,7). The van der Waals surface area contributed by atoms with Gasteiger partial charge in [0.2, 0.25) is 10.0 Å². The molecule has 0 radical (unpaired) electrons. The number of halogens is 7. The maximum Gasteiger partial charge on any atom is 0.490 e. The van der Waals surface area contributed by atoms with Gasteiger partial charge in [0.1, 0.15) is 5.75 Å². The largest absolute Gasteiger partial charge is 0.493 e. The van der Waals surface area contributed by atoms with Gasteiger partial charge in [-0.2, -0.15) is 26.3 Å². The van der Waals surface area contributed by atoms with Crippen LogP contribution >= 0.6 is 11.6 Å². The lowest BCUT2D eigenvalue weighted by molar-refractivity contribution is -0.192. The van der Waals surface area contributed by atoms with Crippen LogP contribution in [0.5, 0.6) is 5.75 Å². The maximum atomic E-state index is 13.6. The molecule has 4 rings (SSSR count). The molecule has 2 N–H and O–H groups in total. The van der Waals surface area contributed by atoms with Crippen molar-refractivity contribution in [2.45, 2.75) is 38.2 Å². The topological polar surface area (TPSA) is 95.9 Å². The Morgan fingerprint density at radius 3 is 1.96 bits per heavy atom. The first kappa shape index (κ1) is 40.2. The summed E-state index contributed by atoms with van der Waals surface area (Å²) in [6, 6.07) is 30.7. The Morgan fingerprint density at radius 1 is 0.880 bits per heavy atom. The van der Waals surface area contributed by atoms with Gasteiger partial charge in [0.25, 0.3) is 0 Å². The Labute approximate surface area is 291 Å². The van der Waals surface area contributed by atoms with Crippen LogP contribution in [0.25, 0.3) is 0 Å². The second kappa shape index (κ2) is 18.1. The Hall–Kier alpha value is -4.27. The number of rotatable bonds is 14. The minimum atomic E-state index is -5.08. The molecular weight excluding hydrogens is 710 g/mol. The van der Waals surface area contributed by atoms with Crippen molar-refractivity contribution in [2.75, 3.05) is 30.2 Å². The van der Waals surface area contributed by atoms with E-state index >= 15 is 0 Å². The van der Waals surface area contributed by atoms with Gasteiger partial charge in [-0.3, -0.25) is 9.62 Å². The lowest BCUT2D eigenvalue weighted by atomic mass is 9.90. The number of carbonyl (C=O) groups is 1. The van der Waals surface area contributed by atoms with E-state index in [1.54, 1.807) is 37.3 Å². The van der Waals surface area contributed by atoms with Crippen molar-refractivity contribution in [1.29, 1.82) is 0 Å². The number of carboxylic acids is 1. The van der Waals surface area contributed by atoms with Crippen LogP contribution in [0, 0.1) is 0 Å². The molecular formula is C35H35ClF6N2O5S. The predicted molar refractivity (Wildman–Crippen MR) is 180 cm³/mol. The zero-order chi connectivity index (χ0) is 37.0. The summed E-state index contributed by atoms with van der Waals surface area (Å²) >= 11 is 6.30. The third kappa shape index (κ3) is 12.9. The molecule has 0 aliphatic carbocycles. The molecule has 4 aromatic carbocycles. The molecule has 0 aromatic heterocycles. The number of carboxylic acid groups (broad SMARTS) is 1. The third-order valence-electron chi connectivity index (χ3n) is 7.24. The summed E-state index contributed by atoms with van der Waals surface area (Å²) in [5, 5.41) is 6.83. The van der Waals surface area contributed by atoms with E-state index in [0.29, 0.717) is 43.1 Å². The third-order valence-corrected chi connectivity index (χ3v) is 8.99. The van der Waals surface area contributed by atoms with E-state index in [-0.39, 0.29) is 23.2 Å². The molecule has 0 saturated heterocycles. The molecule has 0 unspecified atom stereocenters. The molecule has 0 saturated carbocycles. The van der Waals surface area contributed by atoms with E-state index in [2.05, 4.69) is 33.9 Å². The van der Waals surface area contributed by atoms with Crippen LogP contribution in [0.3, 0.4) is 0 Å². The van der Waals surface area contributed by atoms with Gasteiger partial charge in [0.15, 0.2) is 0 Å². The number of hydrogen-bond donors (Lipinski definition) is 2. The highest BCUT2D eigenvalue weighted by molar-refractivity contribution is 7.92. The quantitative estimate of drug-likeness (QED) is 0.0990. The van der Waals surface area contributed by atoms with E-state index < -0.39 is 33.9 Å². The molecule has 7 nitrogen and oxygen atoms in total. The molecule has 0 fully saturated rings. The van der Waals surface area contributed by atoms with Crippen LogP contribution < -0.4 is 9.46 Å². The number of aliphatic carboxylic acids is 1. The first-order valence-corrected chi connectivity index (χ1v) is 17.2.